The van der Waals surface area contributed by atoms with Gasteiger partial charge in [-0.3, -0.25) is 0 Å². The Morgan fingerprint density at radius 3 is 0.959 bits per heavy atom. The van der Waals surface area contributed by atoms with E-state index < -0.39 is 47.0 Å². The Bertz CT molecular complexity index is 2660. The molecule has 0 spiro atoms. The van der Waals surface area contributed by atoms with E-state index in [2.05, 4.69) is 25.2 Å². The minimum atomic E-state index is -4.86. The molecule has 6 aromatic carbocycles. The van der Waals surface area contributed by atoms with Crippen LogP contribution in [0.1, 0.15) is 97.6 Å². The molecule has 0 saturated heterocycles. The predicted molar refractivity (Wildman–Crippen MR) is 256 cm³/mol. The quantitative estimate of drug-likeness (QED) is 0.0886. The zero-order valence-electron chi connectivity index (χ0n) is 40.8. The Balaban J connectivity index is 0.000000179. The third-order valence-electron chi connectivity index (χ3n) is 17.2. The Hall–Kier alpha value is -3.06. The molecule has 74 heavy (non-hydrogen) atoms. The molecule has 8 saturated carbocycles. The topological polar surface area (TPSA) is 0 Å². The van der Waals surface area contributed by atoms with Crippen molar-refractivity contribution < 1.29 is 101 Å². The van der Waals surface area contributed by atoms with Gasteiger partial charge in [-0.15, -0.1) is 69.1 Å². The van der Waals surface area contributed by atoms with Crippen LogP contribution in [0.15, 0.2) is 97.1 Å². The van der Waals surface area contributed by atoms with Crippen molar-refractivity contribution in [2.75, 3.05) is 0 Å². The van der Waals surface area contributed by atoms with Gasteiger partial charge in [0.2, 0.25) is 0 Å². The van der Waals surface area contributed by atoms with Crippen LogP contribution >= 0.6 is 0 Å². The third kappa shape index (κ3) is 12.3. The monoisotopic (exact) mass is 1170 g/mol. The minimum Gasteiger partial charge on any atom is -1.00 e. The first-order valence-corrected chi connectivity index (χ1v) is 31.5. The number of hydrogen-bond donors (Lipinski definition) is 0. The van der Waals surface area contributed by atoms with Crippen LogP contribution in [0.3, 0.4) is 0 Å². The van der Waals surface area contributed by atoms with E-state index in [1.54, 1.807) is 47.6 Å². The minimum absolute atomic E-state index is 0. The van der Waals surface area contributed by atoms with E-state index >= 15 is 0 Å². The van der Waals surface area contributed by atoms with Crippen LogP contribution in [0.5, 0.6) is 0 Å². The molecule has 6 aromatic rings. The summed E-state index contributed by atoms with van der Waals surface area (Å²) >= 11 is 1.74. The number of fused-ring (bicyclic) bond motifs is 2. The van der Waals surface area contributed by atoms with Crippen LogP contribution < -0.4 is 24.8 Å². The molecule has 8 aliphatic carbocycles. The molecule has 14 rings (SSSR count). The summed E-state index contributed by atoms with van der Waals surface area (Å²) in [5, 5.41) is 3.16. The molecule has 0 radical (unpaired) electrons. The molecular formula is C58H56Cl2F12SiZr-2. The van der Waals surface area contributed by atoms with E-state index in [-0.39, 0.29) is 53.5 Å². The molecule has 0 aromatic heterocycles. The van der Waals surface area contributed by atoms with Crippen molar-refractivity contribution in [1.29, 1.82) is 0 Å². The van der Waals surface area contributed by atoms with Gasteiger partial charge in [-0.25, -0.2) is 0 Å². The SMILES string of the molecule is C[Si](C)=[Zr+2].FC(F)(F)c1cc(-c2cccc3[cH-]c(CC4C5CC6CC(C5)CC4C6)cc23)cc(C(F)(F)F)c1.FC(F)(F)c1cc(-c2cccc3[cH-]c(CC4C5CC6CC(C5)CC4C6)cc23)cc(C(F)(F)F)c1.[Cl-].[Cl-]. The zero-order chi connectivity index (χ0) is 51.2. The van der Waals surface area contributed by atoms with Crippen molar-refractivity contribution in [2.45, 2.75) is 115 Å². The molecule has 396 valence electrons. The fourth-order valence-corrected chi connectivity index (χ4v) is 14.8. The first-order valence-electron chi connectivity index (χ1n) is 25.3. The van der Waals surface area contributed by atoms with Gasteiger partial charge in [0.15, 0.2) is 0 Å². The molecule has 0 unspecified atom stereocenters. The van der Waals surface area contributed by atoms with Crippen molar-refractivity contribution in [3.63, 3.8) is 0 Å². The molecule has 8 bridgehead atoms. The van der Waals surface area contributed by atoms with E-state index in [4.69, 9.17) is 0 Å². The number of halogens is 14. The fourth-order valence-electron chi connectivity index (χ4n) is 14.8. The molecule has 0 nitrogen and oxygen atoms in total. The van der Waals surface area contributed by atoms with Crippen LogP contribution in [0.4, 0.5) is 52.7 Å². The van der Waals surface area contributed by atoms with Gasteiger partial charge in [0.05, 0.1) is 22.3 Å². The van der Waals surface area contributed by atoms with Gasteiger partial charge in [0, 0.05) is 0 Å². The Morgan fingerprint density at radius 1 is 0.432 bits per heavy atom. The average molecular weight is 1170 g/mol. The van der Waals surface area contributed by atoms with Crippen molar-refractivity contribution in [3.05, 3.63) is 130 Å². The number of hydrogen-bond acceptors (Lipinski definition) is 0. The fraction of sp³-hybridized carbons (Fsp3) is 0.483. The second-order valence-corrected chi connectivity index (χ2v) is 31.9. The second kappa shape index (κ2) is 21.6. The van der Waals surface area contributed by atoms with Gasteiger partial charge in [0.25, 0.3) is 0 Å². The van der Waals surface area contributed by atoms with E-state index in [9.17, 15) is 52.7 Å². The largest absolute Gasteiger partial charge is 1.00 e. The van der Waals surface area contributed by atoms with Gasteiger partial charge in [-0.05, 0) is 184 Å². The van der Waals surface area contributed by atoms with E-state index in [1.165, 1.54) is 64.2 Å². The van der Waals surface area contributed by atoms with Crippen LogP contribution in [0, 0.1) is 59.2 Å². The van der Waals surface area contributed by atoms with Gasteiger partial charge in [-0.2, -0.15) is 64.8 Å². The normalized spacial score (nSPS) is 26.8. The second-order valence-electron chi connectivity index (χ2n) is 22.5. The Labute approximate surface area is 451 Å². The average Bonchev–Trinajstić information content (AvgIpc) is 3.90. The number of benzene rings is 4. The zero-order valence-corrected chi connectivity index (χ0v) is 45.8. The van der Waals surface area contributed by atoms with Crippen LogP contribution in [0.25, 0.3) is 43.8 Å². The summed E-state index contributed by atoms with van der Waals surface area (Å²) in [5.74, 6) is 7.83. The van der Waals surface area contributed by atoms with Crippen molar-refractivity contribution in [1.82, 2.24) is 0 Å². The summed E-state index contributed by atoms with van der Waals surface area (Å²) in [6.45, 7) is 4.62. The summed E-state index contributed by atoms with van der Waals surface area (Å²) in [7, 11) is 0. The Kier molecular flexibility index (Phi) is 16.7. The third-order valence-corrected chi connectivity index (χ3v) is 17.2. The Morgan fingerprint density at radius 2 is 0.703 bits per heavy atom. The van der Waals surface area contributed by atoms with Crippen molar-refractivity contribution in [3.8, 4) is 22.3 Å². The molecule has 8 fully saturated rings. The van der Waals surface area contributed by atoms with Crippen LogP contribution in [0.2, 0.25) is 13.1 Å². The molecule has 0 amide bonds. The molecule has 8 aliphatic rings. The van der Waals surface area contributed by atoms with Gasteiger partial charge in [0.1, 0.15) is 0 Å². The van der Waals surface area contributed by atoms with Crippen LogP contribution in [-0.4, -0.2) is 5.43 Å². The molecular weight excluding hydrogens is 1110 g/mol. The maximum Gasteiger partial charge on any atom is 0.416 e. The van der Waals surface area contributed by atoms with Crippen molar-refractivity contribution >= 4 is 27.0 Å². The summed E-state index contributed by atoms with van der Waals surface area (Å²) in [4.78, 5) is 0. The van der Waals surface area contributed by atoms with Gasteiger partial charge in [-0.1, -0.05) is 23.3 Å². The van der Waals surface area contributed by atoms with E-state index in [1.807, 2.05) is 24.3 Å². The van der Waals surface area contributed by atoms with Crippen molar-refractivity contribution in [2.24, 2.45) is 59.2 Å². The first-order chi connectivity index (χ1) is 33.8. The van der Waals surface area contributed by atoms with Gasteiger partial charge >= 0.3 is 66.6 Å². The summed E-state index contributed by atoms with van der Waals surface area (Å²) in [6.07, 6.45) is -4.27. The molecule has 0 heterocycles. The molecule has 0 aliphatic heterocycles. The number of alkyl halides is 12. The molecule has 0 N–H and O–H groups in total. The summed E-state index contributed by atoms with van der Waals surface area (Å²) in [6, 6.07) is 22.2. The maximum atomic E-state index is 13.4. The molecule has 0 atom stereocenters. The summed E-state index contributed by atoms with van der Waals surface area (Å²) < 4.78 is 161. The van der Waals surface area contributed by atoms with Gasteiger partial charge < -0.3 is 24.8 Å². The standard InChI is InChI=1S/2C28H25F6.C2H6Si.2ClH.Zr/c2*29-27(30,31)22-12-21(13-23(14-22)28(32,33)34)24-3-1-2-18-5-17(11-26(18)24)10-25-19-6-15-4-16(8-19)9-20(25)7-15;1-3-2;;;/h2*1-3,5,11-16,19-20,25H,4,6-10H2;1-2H3;2*1H;/q2*-1;;;;+2/p-2. The maximum absolute atomic E-state index is 13.4. The molecule has 16 heteroatoms. The number of rotatable bonds is 6. The van der Waals surface area contributed by atoms with E-state index in [0.29, 0.717) is 33.7 Å². The van der Waals surface area contributed by atoms with E-state index in [0.717, 1.165) is 106 Å². The summed E-state index contributed by atoms with van der Waals surface area (Å²) in [5.41, 5.74) is -1.93. The first kappa shape index (κ1) is 57.1. The smallest absolute Gasteiger partial charge is 0.416 e. The predicted octanol–water partition coefficient (Wildman–Crippen LogP) is 12.5. The van der Waals surface area contributed by atoms with Crippen LogP contribution in [-0.2, 0) is 60.9 Å².